The minimum atomic E-state index is -0.751. The maximum atomic E-state index is 12.7. The van der Waals surface area contributed by atoms with E-state index in [4.69, 9.17) is 11.6 Å². The number of rotatable bonds is 5. The molecule has 0 bridgehead atoms. The smallest absolute Gasteiger partial charge is 0.255 e. The molecule has 0 radical (unpaired) electrons. The van der Waals surface area contributed by atoms with Gasteiger partial charge in [-0.15, -0.1) is 22.9 Å². The summed E-state index contributed by atoms with van der Waals surface area (Å²) < 4.78 is 1.48. The molecule has 7 nitrogen and oxygen atoms in total. The molecule has 0 fully saturated rings. The summed E-state index contributed by atoms with van der Waals surface area (Å²) in [7, 11) is 0. The summed E-state index contributed by atoms with van der Waals surface area (Å²) >= 11 is 7.48. The van der Waals surface area contributed by atoms with Crippen LogP contribution >= 0.6 is 22.9 Å². The minimum absolute atomic E-state index is 0.149. The lowest BCUT2D eigenvalue weighted by Gasteiger charge is -2.20. The van der Waals surface area contributed by atoms with Gasteiger partial charge in [-0.05, 0) is 44.6 Å². The number of alkyl halides is 1. The monoisotopic (exact) mass is 417 g/mol. The van der Waals surface area contributed by atoms with Gasteiger partial charge in [-0.2, -0.15) is 9.78 Å². The van der Waals surface area contributed by atoms with Crippen LogP contribution in [-0.4, -0.2) is 31.5 Å². The molecule has 2 N–H and O–H groups in total. The van der Waals surface area contributed by atoms with Crippen LogP contribution in [0.2, 0.25) is 0 Å². The number of H-pyrrole nitrogens is 1. The van der Waals surface area contributed by atoms with Crippen molar-refractivity contribution in [2.24, 2.45) is 5.41 Å². The van der Waals surface area contributed by atoms with Crippen LogP contribution in [0.4, 0.5) is 5.82 Å². The van der Waals surface area contributed by atoms with E-state index in [1.807, 2.05) is 17.5 Å². The highest BCUT2D eigenvalue weighted by Gasteiger charge is 2.28. The summed E-state index contributed by atoms with van der Waals surface area (Å²) in [5.41, 5.74) is 1.33. The first-order valence-electron chi connectivity index (χ1n) is 9.03. The summed E-state index contributed by atoms with van der Waals surface area (Å²) in [6.07, 6.45) is 2.43. The Morgan fingerprint density at radius 3 is 2.96 bits per heavy atom. The molecule has 28 heavy (non-hydrogen) atoms. The highest BCUT2D eigenvalue weighted by atomic mass is 35.5. The average Bonchev–Trinajstić information content (AvgIpc) is 3.41. The van der Waals surface area contributed by atoms with Crippen LogP contribution in [-0.2, 0) is 17.6 Å². The van der Waals surface area contributed by atoms with Gasteiger partial charge in [-0.25, -0.2) is 4.98 Å². The van der Waals surface area contributed by atoms with E-state index in [1.54, 1.807) is 31.3 Å². The molecule has 0 aliphatic heterocycles. The number of fused-ring (bicyclic) bond motifs is 1. The number of hydrogen-bond acceptors (Lipinski definition) is 5. The molecule has 0 saturated carbocycles. The first-order chi connectivity index (χ1) is 13.4. The maximum Gasteiger partial charge on any atom is 0.255 e. The minimum Gasteiger partial charge on any atom is -0.310 e. The molecule has 4 rings (SSSR count). The number of anilines is 1. The number of carbonyl (C=O) groups excluding carboxylic acids is 1. The van der Waals surface area contributed by atoms with E-state index < -0.39 is 5.41 Å². The summed E-state index contributed by atoms with van der Waals surface area (Å²) in [4.78, 5) is 33.5. The third-order valence-electron chi connectivity index (χ3n) is 4.80. The molecular weight excluding hydrogens is 398 g/mol. The van der Waals surface area contributed by atoms with Gasteiger partial charge < -0.3 is 5.32 Å². The van der Waals surface area contributed by atoms with Crippen molar-refractivity contribution in [3.63, 3.8) is 0 Å². The lowest BCUT2D eigenvalue weighted by molar-refractivity contribution is -0.123. The van der Waals surface area contributed by atoms with Crippen LogP contribution in [0, 0.1) is 5.41 Å². The molecular formula is C19H20ClN5O2S. The Labute approximate surface area is 170 Å². The van der Waals surface area contributed by atoms with Gasteiger partial charge in [-0.1, -0.05) is 6.07 Å². The van der Waals surface area contributed by atoms with Crippen molar-refractivity contribution in [1.29, 1.82) is 0 Å². The van der Waals surface area contributed by atoms with Crippen molar-refractivity contribution in [2.45, 2.75) is 33.1 Å². The van der Waals surface area contributed by atoms with Crippen LogP contribution in [0.25, 0.3) is 16.5 Å². The quantitative estimate of drug-likeness (QED) is 0.622. The van der Waals surface area contributed by atoms with Crippen LogP contribution in [0.15, 0.2) is 28.4 Å². The van der Waals surface area contributed by atoms with E-state index in [0.29, 0.717) is 17.5 Å². The highest BCUT2D eigenvalue weighted by Crippen LogP contribution is 2.29. The predicted molar refractivity (Wildman–Crippen MR) is 110 cm³/mol. The third kappa shape index (κ3) is 3.38. The SMILES string of the molecule is CC(C)(CCl)C(=O)Nc1cc(-c2cccs2)nn1-c1nc2c(c(=O)[nH]1)CCC2. The second kappa shape index (κ2) is 7.18. The van der Waals surface area contributed by atoms with Crippen molar-refractivity contribution in [2.75, 3.05) is 11.2 Å². The maximum absolute atomic E-state index is 12.7. The molecule has 3 heterocycles. The first kappa shape index (κ1) is 18.9. The molecule has 1 amide bonds. The van der Waals surface area contributed by atoms with Gasteiger partial charge >= 0.3 is 0 Å². The normalized spacial score (nSPS) is 13.5. The summed E-state index contributed by atoms with van der Waals surface area (Å²) in [6.45, 7) is 3.54. The van der Waals surface area contributed by atoms with Gasteiger partial charge in [0.1, 0.15) is 11.5 Å². The molecule has 146 valence electrons. The van der Waals surface area contributed by atoms with E-state index in [2.05, 4.69) is 20.4 Å². The summed E-state index contributed by atoms with van der Waals surface area (Å²) in [5, 5.41) is 9.44. The number of halogens is 1. The fourth-order valence-electron chi connectivity index (χ4n) is 3.05. The molecule has 0 aromatic carbocycles. The molecule has 0 atom stereocenters. The Balaban J connectivity index is 1.81. The topological polar surface area (TPSA) is 92.7 Å². The van der Waals surface area contributed by atoms with E-state index in [9.17, 15) is 9.59 Å². The average molecular weight is 418 g/mol. The van der Waals surface area contributed by atoms with Crippen molar-refractivity contribution < 1.29 is 4.79 Å². The van der Waals surface area contributed by atoms with Gasteiger partial charge in [0.25, 0.3) is 5.56 Å². The Morgan fingerprint density at radius 1 is 1.43 bits per heavy atom. The predicted octanol–water partition coefficient (Wildman–Crippen LogP) is 3.38. The van der Waals surface area contributed by atoms with E-state index in [-0.39, 0.29) is 17.3 Å². The summed E-state index contributed by atoms with van der Waals surface area (Å²) in [5.74, 6) is 0.684. The van der Waals surface area contributed by atoms with Crippen molar-refractivity contribution in [3.05, 3.63) is 45.2 Å². The number of nitrogens with one attached hydrogen (secondary N) is 2. The molecule has 3 aromatic heterocycles. The Kier molecular flexibility index (Phi) is 4.84. The number of carbonyl (C=O) groups is 1. The Morgan fingerprint density at radius 2 is 2.25 bits per heavy atom. The van der Waals surface area contributed by atoms with Crippen LogP contribution in [0.1, 0.15) is 31.5 Å². The first-order valence-corrected chi connectivity index (χ1v) is 10.4. The standard InChI is InChI=1S/C19H20ClN5O2S/c1-19(2,10-20)17(27)22-15-9-13(14-7-4-8-28-14)24-25(15)18-21-12-6-3-5-11(12)16(26)23-18/h4,7-9H,3,5-6,10H2,1-2H3,(H,22,27)(H,21,23,26). The second-order valence-electron chi connectivity index (χ2n) is 7.44. The van der Waals surface area contributed by atoms with Gasteiger partial charge in [0.05, 0.1) is 16.0 Å². The third-order valence-corrected chi connectivity index (χ3v) is 6.36. The zero-order chi connectivity index (χ0) is 19.9. The fourth-order valence-corrected chi connectivity index (χ4v) is 3.85. The molecule has 3 aromatic rings. The highest BCUT2D eigenvalue weighted by molar-refractivity contribution is 7.13. The number of thiophene rings is 1. The van der Waals surface area contributed by atoms with Gasteiger partial charge in [0.2, 0.25) is 11.9 Å². The number of aryl methyl sites for hydroxylation is 1. The number of hydrogen-bond donors (Lipinski definition) is 2. The van der Waals surface area contributed by atoms with Gasteiger partial charge in [0, 0.05) is 17.5 Å². The number of aromatic amines is 1. The zero-order valence-electron chi connectivity index (χ0n) is 15.6. The largest absolute Gasteiger partial charge is 0.310 e. The van der Waals surface area contributed by atoms with Gasteiger partial charge in [-0.3, -0.25) is 14.6 Å². The van der Waals surface area contributed by atoms with Crippen LogP contribution in [0.5, 0.6) is 0 Å². The van der Waals surface area contributed by atoms with E-state index in [0.717, 1.165) is 35.4 Å². The molecule has 1 aliphatic carbocycles. The van der Waals surface area contributed by atoms with Crippen molar-refractivity contribution in [1.82, 2.24) is 19.7 Å². The number of aromatic nitrogens is 4. The number of amides is 1. The van der Waals surface area contributed by atoms with Crippen LogP contribution < -0.4 is 10.9 Å². The zero-order valence-corrected chi connectivity index (χ0v) is 17.2. The molecule has 1 aliphatic rings. The fraction of sp³-hybridized carbons (Fsp3) is 0.368. The van der Waals surface area contributed by atoms with Gasteiger partial charge in [0.15, 0.2) is 0 Å². The van der Waals surface area contributed by atoms with E-state index >= 15 is 0 Å². The Bertz CT molecular complexity index is 1080. The van der Waals surface area contributed by atoms with Crippen molar-refractivity contribution in [3.8, 4) is 16.5 Å². The van der Waals surface area contributed by atoms with Crippen molar-refractivity contribution >= 4 is 34.7 Å². The molecule has 0 spiro atoms. The molecule has 0 unspecified atom stereocenters. The number of nitrogens with zero attached hydrogens (tertiary/aromatic N) is 3. The second-order valence-corrected chi connectivity index (χ2v) is 8.66. The summed E-state index contributed by atoms with van der Waals surface area (Å²) in [6, 6.07) is 5.66. The lowest BCUT2D eigenvalue weighted by atomic mass is 9.95. The van der Waals surface area contributed by atoms with Crippen LogP contribution in [0.3, 0.4) is 0 Å². The molecule has 9 heteroatoms. The molecule has 0 saturated heterocycles. The lowest BCUT2D eigenvalue weighted by Crippen LogP contribution is -2.33. The Hall–Kier alpha value is -2.45. The van der Waals surface area contributed by atoms with E-state index in [1.165, 1.54) is 4.68 Å².